The zero-order valence-electron chi connectivity index (χ0n) is 13.9. The van der Waals surface area contributed by atoms with Gasteiger partial charge in [0.1, 0.15) is 30.4 Å². The molecular weight excluding hydrogens is 358 g/mol. The molecule has 4 atom stereocenters. The molecule has 3 aromatic rings. The second-order valence-corrected chi connectivity index (χ2v) is 5.85. The first-order valence-electron chi connectivity index (χ1n) is 8.03. The van der Waals surface area contributed by atoms with Crippen LogP contribution in [0.4, 0.5) is 11.8 Å². The van der Waals surface area contributed by atoms with Crippen LogP contribution in [-0.2, 0) is 4.74 Å². The zero-order chi connectivity index (χ0) is 19.0. The summed E-state index contributed by atoms with van der Waals surface area (Å²) in [6.07, 6.45) is -0.463. The molecule has 1 aliphatic heterocycles. The minimum Gasteiger partial charge on any atom is -0.463 e. The Morgan fingerprint density at radius 3 is 2.89 bits per heavy atom. The summed E-state index contributed by atoms with van der Waals surface area (Å²) in [5, 5.41) is 33.8. The molecule has 4 unspecified atom stereocenters. The maximum atomic E-state index is 10.4. The van der Waals surface area contributed by atoms with Gasteiger partial charge in [0, 0.05) is 0 Å². The molecule has 0 bridgehead atoms. The third-order valence-electron chi connectivity index (χ3n) is 4.18. The maximum absolute atomic E-state index is 10.4. The Labute approximate surface area is 151 Å². The number of nitrogens with zero attached hydrogens (tertiary/aromatic N) is 5. The molecule has 0 amide bonds. The number of aliphatic hydroxyl groups is 3. The van der Waals surface area contributed by atoms with E-state index in [0.717, 1.165) is 0 Å². The molecule has 0 aromatic carbocycles. The van der Waals surface area contributed by atoms with Crippen molar-refractivity contribution in [2.45, 2.75) is 24.5 Å². The van der Waals surface area contributed by atoms with Gasteiger partial charge in [-0.25, -0.2) is 20.4 Å². The Bertz CT molecular complexity index is 957. The van der Waals surface area contributed by atoms with Crippen molar-refractivity contribution in [1.29, 1.82) is 0 Å². The Morgan fingerprint density at radius 1 is 1.33 bits per heavy atom. The summed E-state index contributed by atoms with van der Waals surface area (Å²) in [5.41, 5.74) is 9.11. The van der Waals surface area contributed by atoms with Gasteiger partial charge in [-0.1, -0.05) is 0 Å². The first-order valence-corrected chi connectivity index (χ1v) is 8.03. The number of ether oxygens (including phenoxy) is 1. The molecule has 3 aromatic heterocycles. The molecule has 0 aliphatic carbocycles. The number of nitrogens with two attached hydrogens (primary N) is 1. The molecule has 4 rings (SSSR count). The van der Waals surface area contributed by atoms with Crippen LogP contribution in [0.2, 0.25) is 0 Å². The predicted octanol–water partition coefficient (Wildman–Crippen LogP) is -0.941. The van der Waals surface area contributed by atoms with Gasteiger partial charge in [0.25, 0.3) is 0 Å². The van der Waals surface area contributed by atoms with E-state index in [2.05, 4.69) is 25.5 Å². The number of nitrogen functional groups attached to an aromatic ring is 1. The summed E-state index contributed by atoms with van der Waals surface area (Å²) < 4.78 is 12.1. The minimum atomic E-state index is -1.33. The van der Waals surface area contributed by atoms with Crippen LogP contribution in [0, 0.1) is 0 Å². The van der Waals surface area contributed by atoms with Crippen molar-refractivity contribution in [3.63, 3.8) is 0 Å². The number of anilines is 2. The SMILES string of the molecule is Nc1ncnc2c1nc(NN=Cc1ccco1)n2C1OC(CO)C(O)C1O. The third-order valence-corrected chi connectivity index (χ3v) is 4.18. The summed E-state index contributed by atoms with van der Waals surface area (Å²) in [7, 11) is 0. The van der Waals surface area contributed by atoms with Crippen molar-refractivity contribution < 1.29 is 24.5 Å². The zero-order valence-corrected chi connectivity index (χ0v) is 13.9. The van der Waals surface area contributed by atoms with Gasteiger partial charge in [-0.3, -0.25) is 4.57 Å². The van der Waals surface area contributed by atoms with Crippen LogP contribution in [0.25, 0.3) is 11.2 Å². The fourth-order valence-corrected chi connectivity index (χ4v) is 2.86. The summed E-state index contributed by atoms with van der Waals surface area (Å²) >= 11 is 0. The number of fused-ring (bicyclic) bond motifs is 1. The van der Waals surface area contributed by atoms with Gasteiger partial charge in [-0.2, -0.15) is 5.10 Å². The van der Waals surface area contributed by atoms with E-state index >= 15 is 0 Å². The van der Waals surface area contributed by atoms with Gasteiger partial charge in [0.2, 0.25) is 5.95 Å². The van der Waals surface area contributed by atoms with Gasteiger partial charge in [-0.15, -0.1) is 0 Å². The highest BCUT2D eigenvalue weighted by atomic mass is 16.6. The van der Waals surface area contributed by atoms with Gasteiger partial charge in [0.15, 0.2) is 23.2 Å². The normalized spacial score (nSPS) is 25.6. The van der Waals surface area contributed by atoms with Crippen LogP contribution in [0.5, 0.6) is 0 Å². The topological polar surface area (TPSA) is 177 Å². The highest BCUT2D eigenvalue weighted by Gasteiger charge is 2.45. The number of aromatic nitrogens is 4. The molecule has 12 nitrogen and oxygen atoms in total. The lowest BCUT2D eigenvalue weighted by Gasteiger charge is -2.18. The summed E-state index contributed by atoms with van der Waals surface area (Å²) in [6, 6.07) is 3.43. The minimum absolute atomic E-state index is 0.128. The Balaban J connectivity index is 1.74. The molecule has 6 N–H and O–H groups in total. The summed E-state index contributed by atoms with van der Waals surface area (Å²) in [5.74, 6) is 0.788. The van der Waals surface area contributed by atoms with E-state index in [1.165, 1.54) is 23.4 Å². The second-order valence-electron chi connectivity index (χ2n) is 5.85. The number of furan rings is 1. The van der Waals surface area contributed by atoms with Crippen molar-refractivity contribution in [1.82, 2.24) is 19.5 Å². The van der Waals surface area contributed by atoms with Crippen LogP contribution in [0.3, 0.4) is 0 Å². The lowest BCUT2D eigenvalue weighted by atomic mass is 10.1. The highest BCUT2D eigenvalue weighted by Crippen LogP contribution is 2.35. The Hall–Kier alpha value is -3.06. The number of imidazole rings is 1. The molecule has 0 saturated carbocycles. The Morgan fingerprint density at radius 2 is 2.19 bits per heavy atom. The van der Waals surface area contributed by atoms with Crippen LogP contribution >= 0.6 is 0 Å². The standard InChI is InChI=1S/C15H17N7O5/c16-12-9-13(18-6-17-12)22(14-11(25)10(24)8(5-23)27-14)15(20-9)21-19-4-7-2-1-3-26-7/h1-4,6,8,10-11,14,23-25H,5H2,(H,20,21)(H2,16,17,18). The van der Waals surface area contributed by atoms with E-state index in [1.807, 2.05) is 0 Å². The molecule has 1 fully saturated rings. The molecule has 27 heavy (non-hydrogen) atoms. The molecule has 12 heteroatoms. The number of hydrogen-bond donors (Lipinski definition) is 5. The predicted molar refractivity (Wildman–Crippen MR) is 92.7 cm³/mol. The number of nitrogens with one attached hydrogen (secondary N) is 1. The van der Waals surface area contributed by atoms with E-state index in [0.29, 0.717) is 5.76 Å². The van der Waals surface area contributed by atoms with E-state index in [-0.39, 0.29) is 22.9 Å². The fourth-order valence-electron chi connectivity index (χ4n) is 2.86. The van der Waals surface area contributed by atoms with E-state index in [4.69, 9.17) is 14.9 Å². The lowest BCUT2D eigenvalue weighted by molar-refractivity contribution is -0.0501. The van der Waals surface area contributed by atoms with Gasteiger partial charge >= 0.3 is 0 Å². The molecule has 0 spiro atoms. The van der Waals surface area contributed by atoms with Crippen molar-refractivity contribution in [2.75, 3.05) is 17.8 Å². The first kappa shape index (κ1) is 17.4. The number of rotatable bonds is 5. The van der Waals surface area contributed by atoms with Gasteiger partial charge in [0.05, 0.1) is 19.1 Å². The molecule has 4 heterocycles. The lowest BCUT2D eigenvalue weighted by Crippen LogP contribution is -2.33. The average Bonchev–Trinajstić information content (AvgIpc) is 3.36. The maximum Gasteiger partial charge on any atom is 0.228 e. The summed E-state index contributed by atoms with van der Waals surface area (Å²) in [6.45, 7) is -0.460. The largest absolute Gasteiger partial charge is 0.463 e. The molecule has 0 radical (unpaired) electrons. The third kappa shape index (κ3) is 3.00. The van der Waals surface area contributed by atoms with Crippen molar-refractivity contribution in [3.8, 4) is 0 Å². The number of hydrogen-bond acceptors (Lipinski definition) is 11. The number of hydrazone groups is 1. The molecule has 1 saturated heterocycles. The summed E-state index contributed by atoms with van der Waals surface area (Å²) in [4.78, 5) is 12.3. The molecule has 1 aliphatic rings. The van der Waals surface area contributed by atoms with Crippen LogP contribution in [0.1, 0.15) is 12.0 Å². The monoisotopic (exact) mass is 375 g/mol. The highest BCUT2D eigenvalue weighted by molar-refractivity contribution is 5.84. The smallest absolute Gasteiger partial charge is 0.228 e. The van der Waals surface area contributed by atoms with Gasteiger partial charge < -0.3 is 30.2 Å². The van der Waals surface area contributed by atoms with Crippen LogP contribution in [-0.4, -0.2) is 66.0 Å². The van der Waals surface area contributed by atoms with Crippen molar-refractivity contribution >= 4 is 29.1 Å². The van der Waals surface area contributed by atoms with Crippen LogP contribution < -0.4 is 11.2 Å². The van der Waals surface area contributed by atoms with Crippen LogP contribution in [0.15, 0.2) is 34.2 Å². The van der Waals surface area contributed by atoms with Crippen molar-refractivity contribution in [2.24, 2.45) is 5.10 Å². The van der Waals surface area contributed by atoms with Gasteiger partial charge in [-0.05, 0) is 12.1 Å². The van der Waals surface area contributed by atoms with E-state index in [9.17, 15) is 15.3 Å². The first-order chi connectivity index (χ1) is 13.1. The average molecular weight is 375 g/mol. The fraction of sp³-hybridized carbons (Fsp3) is 0.333. The number of aliphatic hydroxyl groups excluding tert-OH is 3. The Kier molecular flexibility index (Phi) is 4.45. The second kappa shape index (κ2) is 6.92. The van der Waals surface area contributed by atoms with E-state index in [1.54, 1.807) is 12.1 Å². The van der Waals surface area contributed by atoms with E-state index < -0.39 is 31.1 Å². The molecular formula is C15H17N7O5. The quantitative estimate of drug-likeness (QED) is 0.276. The molecule has 142 valence electrons. The van der Waals surface area contributed by atoms with Crippen molar-refractivity contribution in [3.05, 3.63) is 30.5 Å².